The molecule has 8 heteroatoms. The van der Waals surface area contributed by atoms with E-state index >= 15 is 0 Å². The largest absolute Gasteiger partial charge is 0.388 e. The number of aliphatic hydroxyl groups is 2. The molecule has 0 radical (unpaired) electrons. The topological polar surface area (TPSA) is 108 Å². The molecule has 1 aromatic carbocycles. The Labute approximate surface area is 144 Å². The van der Waals surface area contributed by atoms with Crippen LogP contribution in [0, 0.1) is 5.82 Å². The number of rotatable bonds is 6. The van der Waals surface area contributed by atoms with Crippen LogP contribution in [0.1, 0.15) is 29.6 Å². The second-order valence-corrected chi connectivity index (χ2v) is 6.46. The van der Waals surface area contributed by atoms with Gasteiger partial charge in [0.1, 0.15) is 24.1 Å². The normalized spacial score (nSPS) is 28.6. The van der Waals surface area contributed by atoms with Crippen LogP contribution >= 0.6 is 0 Å². The highest BCUT2D eigenvalue weighted by atomic mass is 19.1. The summed E-state index contributed by atoms with van der Waals surface area (Å²) >= 11 is 0. The van der Waals surface area contributed by atoms with Crippen LogP contribution in [-0.4, -0.2) is 59.0 Å². The second kappa shape index (κ2) is 7.47. The first-order chi connectivity index (χ1) is 11.9. The van der Waals surface area contributed by atoms with Crippen LogP contribution in [0.4, 0.5) is 4.39 Å². The van der Waals surface area contributed by atoms with Crippen molar-refractivity contribution in [2.24, 2.45) is 0 Å². The number of nitrogens with one attached hydrogen (secondary N) is 2. The molecule has 136 valence electrons. The minimum absolute atomic E-state index is 0.0525. The molecule has 2 amide bonds. The Balaban J connectivity index is 1.50. The van der Waals surface area contributed by atoms with E-state index < -0.39 is 36.1 Å². The first-order valence-electron chi connectivity index (χ1n) is 8.29. The van der Waals surface area contributed by atoms with E-state index in [1.807, 2.05) is 0 Å². The van der Waals surface area contributed by atoms with E-state index in [9.17, 15) is 24.2 Å². The van der Waals surface area contributed by atoms with Crippen molar-refractivity contribution in [3.05, 3.63) is 35.6 Å². The summed E-state index contributed by atoms with van der Waals surface area (Å²) < 4.78 is 18.7. The van der Waals surface area contributed by atoms with Crippen LogP contribution in [0.5, 0.6) is 0 Å². The Kier molecular flexibility index (Phi) is 5.31. The summed E-state index contributed by atoms with van der Waals surface area (Å²) in [5.41, 5.74) is 0.147. The molecular weight excluding hydrogens is 331 g/mol. The number of aliphatic hydroxyl groups excluding tert-OH is 2. The minimum Gasteiger partial charge on any atom is -0.388 e. The number of carbonyl (C=O) groups excluding carboxylic acids is 2. The Morgan fingerprint density at radius 1 is 1.20 bits per heavy atom. The van der Waals surface area contributed by atoms with E-state index in [0.717, 1.165) is 18.9 Å². The average Bonchev–Trinajstić information content (AvgIpc) is 3.35. The van der Waals surface area contributed by atoms with Gasteiger partial charge in [-0.25, -0.2) is 4.39 Å². The third kappa shape index (κ3) is 4.53. The van der Waals surface area contributed by atoms with Crippen molar-refractivity contribution in [2.45, 2.75) is 49.7 Å². The van der Waals surface area contributed by atoms with Gasteiger partial charge >= 0.3 is 0 Å². The smallest absolute Gasteiger partial charge is 0.251 e. The maximum Gasteiger partial charge on any atom is 0.251 e. The van der Waals surface area contributed by atoms with E-state index in [1.165, 1.54) is 18.2 Å². The van der Waals surface area contributed by atoms with Gasteiger partial charge in [-0.2, -0.15) is 0 Å². The first kappa shape index (κ1) is 17.8. The molecule has 1 saturated heterocycles. The molecule has 7 nitrogen and oxygen atoms in total. The van der Waals surface area contributed by atoms with Gasteiger partial charge in [0, 0.05) is 18.2 Å². The lowest BCUT2D eigenvalue weighted by Gasteiger charge is -2.15. The molecule has 3 rings (SSSR count). The fourth-order valence-corrected chi connectivity index (χ4v) is 2.79. The summed E-state index contributed by atoms with van der Waals surface area (Å²) in [5.74, 6) is -1.27. The van der Waals surface area contributed by atoms with Gasteiger partial charge in [0.2, 0.25) is 5.91 Å². The molecular formula is C17H21FN2O5. The summed E-state index contributed by atoms with van der Waals surface area (Å²) in [7, 11) is 0. The lowest BCUT2D eigenvalue weighted by atomic mass is 10.1. The molecule has 2 fully saturated rings. The average molecular weight is 352 g/mol. The molecule has 1 aliphatic carbocycles. The van der Waals surface area contributed by atoms with Crippen LogP contribution in [0.15, 0.2) is 24.3 Å². The lowest BCUT2D eigenvalue weighted by molar-refractivity contribution is -0.125. The van der Waals surface area contributed by atoms with Crippen molar-refractivity contribution in [2.75, 3.05) is 6.54 Å². The Bertz CT molecular complexity index is 652. The molecule has 4 N–H and O–H groups in total. The predicted octanol–water partition coefficient (Wildman–Crippen LogP) is -0.287. The summed E-state index contributed by atoms with van der Waals surface area (Å²) in [6.07, 6.45) is -2.24. The fraction of sp³-hybridized carbons (Fsp3) is 0.529. The number of benzene rings is 1. The Morgan fingerprint density at radius 3 is 2.60 bits per heavy atom. The molecule has 0 spiro atoms. The third-order valence-corrected chi connectivity index (χ3v) is 4.34. The van der Waals surface area contributed by atoms with Crippen LogP contribution in [0.2, 0.25) is 0 Å². The van der Waals surface area contributed by atoms with Crippen molar-refractivity contribution in [1.82, 2.24) is 10.6 Å². The number of hydrogen-bond acceptors (Lipinski definition) is 5. The van der Waals surface area contributed by atoms with Gasteiger partial charge in [0.05, 0.1) is 12.5 Å². The maximum atomic E-state index is 13.1. The molecule has 2 aliphatic rings. The summed E-state index contributed by atoms with van der Waals surface area (Å²) in [6, 6.07) is 5.42. The minimum atomic E-state index is -1.22. The SMILES string of the molecule is O=C(C[C@@H]1O[C@@H](CNC(=O)c2cccc(F)c2)[C@@H](O)[C@H]1O)NC1CC1. The van der Waals surface area contributed by atoms with E-state index in [-0.39, 0.29) is 30.5 Å². The molecule has 1 aliphatic heterocycles. The number of carbonyl (C=O) groups is 2. The molecule has 1 heterocycles. The van der Waals surface area contributed by atoms with Crippen LogP contribution in [0.3, 0.4) is 0 Å². The quantitative estimate of drug-likeness (QED) is 0.563. The van der Waals surface area contributed by atoms with Crippen molar-refractivity contribution < 1.29 is 28.9 Å². The van der Waals surface area contributed by atoms with Crippen molar-refractivity contribution in [3.63, 3.8) is 0 Å². The van der Waals surface area contributed by atoms with Gasteiger partial charge in [-0.1, -0.05) is 6.07 Å². The monoisotopic (exact) mass is 352 g/mol. The van der Waals surface area contributed by atoms with Crippen LogP contribution in [0.25, 0.3) is 0 Å². The standard InChI is InChI=1S/C17H21FN2O5/c18-10-3-1-2-9(6-10)17(24)19-8-13-16(23)15(22)12(25-13)7-14(21)20-11-4-5-11/h1-3,6,11-13,15-16,22-23H,4-5,7-8H2,(H,19,24)(H,20,21)/t12-,13-,15-,16+/m0/s1. The van der Waals surface area contributed by atoms with Crippen molar-refractivity contribution in [3.8, 4) is 0 Å². The summed E-state index contributed by atoms with van der Waals surface area (Å²) in [4.78, 5) is 23.8. The lowest BCUT2D eigenvalue weighted by Crippen LogP contribution is -2.40. The molecule has 0 unspecified atom stereocenters. The Morgan fingerprint density at radius 2 is 1.92 bits per heavy atom. The Hall–Kier alpha value is -2.03. The summed E-state index contributed by atoms with van der Waals surface area (Å²) in [6.45, 7) is -0.0612. The zero-order chi connectivity index (χ0) is 18.0. The van der Waals surface area contributed by atoms with Crippen molar-refractivity contribution >= 4 is 11.8 Å². The third-order valence-electron chi connectivity index (χ3n) is 4.34. The number of halogens is 1. The molecule has 1 aromatic rings. The number of hydrogen-bond donors (Lipinski definition) is 4. The molecule has 4 atom stereocenters. The first-order valence-corrected chi connectivity index (χ1v) is 8.29. The van der Waals surface area contributed by atoms with E-state index in [1.54, 1.807) is 0 Å². The van der Waals surface area contributed by atoms with Gasteiger partial charge in [-0.15, -0.1) is 0 Å². The maximum absolute atomic E-state index is 13.1. The van der Waals surface area contributed by atoms with E-state index in [0.29, 0.717) is 0 Å². The highest BCUT2D eigenvalue weighted by Crippen LogP contribution is 2.24. The highest BCUT2D eigenvalue weighted by molar-refractivity contribution is 5.94. The predicted molar refractivity (Wildman–Crippen MR) is 85.2 cm³/mol. The van der Waals surface area contributed by atoms with E-state index in [4.69, 9.17) is 4.74 Å². The number of ether oxygens (including phenoxy) is 1. The zero-order valence-corrected chi connectivity index (χ0v) is 13.5. The van der Waals surface area contributed by atoms with Gasteiger partial charge < -0.3 is 25.6 Å². The second-order valence-electron chi connectivity index (χ2n) is 6.46. The van der Waals surface area contributed by atoms with Crippen molar-refractivity contribution in [1.29, 1.82) is 0 Å². The summed E-state index contributed by atoms with van der Waals surface area (Å²) in [5, 5.41) is 25.4. The highest BCUT2D eigenvalue weighted by Gasteiger charge is 2.43. The van der Waals surface area contributed by atoms with Crippen LogP contribution < -0.4 is 10.6 Å². The number of amides is 2. The zero-order valence-electron chi connectivity index (χ0n) is 13.5. The van der Waals surface area contributed by atoms with Gasteiger partial charge in [-0.3, -0.25) is 9.59 Å². The van der Waals surface area contributed by atoms with Crippen LogP contribution in [-0.2, 0) is 9.53 Å². The van der Waals surface area contributed by atoms with E-state index in [2.05, 4.69) is 10.6 Å². The fourth-order valence-electron chi connectivity index (χ4n) is 2.79. The van der Waals surface area contributed by atoms with Gasteiger partial charge in [-0.05, 0) is 31.0 Å². The molecule has 0 bridgehead atoms. The molecule has 0 aromatic heterocycles. The molecule has 1 saturated carbocycles. The van der Waals surface area contributed by atoms with Gasteiger partial charge in [0.25, 0.3) is 5.91 Å². The van der Waals surface area contributed by atoms with Gasteiger partial charge in [0.15, 0.2) is 0 Å². The molecule has 25 heavy (non-hydrogen) atoms.